The number of nitrogen functional groups attached to an aromatic ring is 1. The van der Waals surface area contributed by atoms with Crippen molar-refractivity contribution in [3.8, 4) is 5.88 Å². The number of ether oxygens (including phenoxy) is 1. The van der Waals surface area contributed by atoms with Gasteiger partial charge in [0, 0.05) is 11.5 Å². The summed E-state index contributed by atoms with van der Waals surface area (Å²) in [4.78, 5) is 4.25. The second kappa shape index (κ2) is 4.12. The molecule has 3 nitrogen and oxygen atoms in total. The minimum Gasteiger partial charge on any atom is -0.477 e. The Morgan fingerprint density at radius 3 is 2.26 bits per heavy atom. The average molecular weight is 258 g/mol. The summed E-state index contributed by atoms with van der Waals surface area (Å²) >= 11 is 0. The van der Waals surface area contributed by atoms with Gasteiger partial charge in [-0.05, 0) is 62.3 Å². The van der Waals surface area contributed by atoms with Crippen LogP contribution in [0.1, 0.15) is 38.5 Å². The second-order valence-corrected chi connectivity index (χ2v) is 7.14. The number of aromatic nitrogens is 1. The fraction of sp³-hybridized carbons (Fsp3) is 0.688. The molecule has 0 aliphatic heterocycles. The van der Waals surface area contributed by atoms with E-state index in [9.17, 15) is 0 Å². The first-order valence-corrected chi connectivity index (χ1v) is 7.55. The van der Waals surface area contributed by atoms with Gasteiger partial charge < -0.3 is 10.5 Å². The standard InChI is InChI=1S/C16H22N2O/c17-14-1-2-15(18-9-14)19-10-16-6-11-3-12(7-16)5-13(4-11)8-16/h1-2,9,11-13H,3-8,10,17H2. The quantitative estimate of drug-likeness (QED) is 0.905. The van der Waals surface area contributed by atoms with Crippen LogP contribution in [0.4, 0.5) is 5.69 Å². The van der Waals surface area contributed by atoms with Crippen LogP contribution in [-0.2, 0) is 0 Å². The fourth-order valence-electron chi connectivity index (χ4n) is 5.17. The maximum atomic E-state index is 5.98. The van der Waals surface area contributed by atoms with Gasteiger partial charge in [0.1, 0.15) is 0 Å². The smallest absolute Gasteiger partial charge is 0.213 e. The molecule has 0 amide bonds. The molecule has 4 bridgehead atoms. The van der Waals surface area contributed by atoms with E-state index < -0.39 is 0 Å². The zero-order valence-corrected chi connectivity index (χ0v) is 11.3. The summed E-state index contributed by atoms with van der Waals surface area (Å²) in [6.45, 7) is 0.855. The Hall–Kier alpha value is -1.25. The van der Waals surface area contributed by atoms with E-state index in [0.717, 1.165) is 30.2 Å². The van der Waals surface area contributed by atoms with Crippen molar-refractivity contribution in [3.05, 3.63) is 18.3 Å². The first-order chi connectivity index (χ1) is 9.21. The highest BCUT2D eigenvalue weighted by Gasteiger charge is 2.51. The highest BCUT2D eigenvalue weighted by atomic mass is 16.5. The molecular weight excluding hydrogens is 236 g/mol. The van der Waals surface area contributed by atoms with E-state index >= 15 is 0 Å². The predicted octanol–water partition coefficient (Wildman–Crippen LogP) is 3.26. The van der Waals surface area contributed by atoms with Crippen LogP contribution in [0.25, 0.3) is 0 Å². The summed E-state index contributed by atoms with van der Waals surface area (Å²) < 4.78 is 5.98. The molecule has 2 N–H and O–H groups in total. The Bertz CT molecular complexity index is 433. The van der Waals surface area contributed by atoms with Crippen molar-refractivity contribution in [2.24, 2.45) is 23.2 Å². The number of pyridine rings is 1. The summed E-state index contributed by atoms with van der Waals surface area (Å²) in [6, 6.07) is 3.75. The van der Waals surface area contributed by atoms with Crippen molar-refractivity contribution in [2.75, 3.05) is 12.3 Å². The molecule has 5 rings (SSSR count). The molecule has 102 valence electrons. The molecule has 19 heavy (non-hydrogen) atoms. The van der Waals surface area contributed by atoms with Crippen molar-refractivity contribution in [1.82, 2.24) is 4.98 Å². The number of hydrogen-bond donors (Lipinski definition) is 1. The van der Waals surface area contributed by atoms with E-state index in [1.165, 1.54) is 38.5 Å². The Labute approximate surface area is 114 Å². The Morgan fingerprint density at radius 2 is 1.74 bits per heavy atom. The highest BCUT2D eigenvalue weighted by molar-refractivity contribution is 5.35. The summed E-state index contributed by atoms with van der Waals surface area (Å²) in [7, 11) is 0. The van der Waals surface area contributed by atoms with Crippen LogP contribution < -0.4 is 10.5 Å². The third-order valence-electron chi connectivity index (χ3n) is 5.45. The van der Waals surface area contributed by atoms with Gasteiger partial charge in [-0.2, -0.15) is 0 Å². The molecule has 4 fully saturated rings. The van der Waals surface area contributed by atoms with Gasteiger partial charge >= 0.3 is 0 Å². The third kappa shape index (κ3) is 2.09. The second-order valence-electron chi connectivity index (χ2n) is 7.14. The Morgan fingerprint density at radius 1 is 1.11 bits per heavy atom. The van der Waals surface area contributed by atoms with E-state index in [1.807, 2.05) is 12.1 Å². The van der Waals surface area contributed by atoms with Crippen molar-refractivity contribution < 1.29 is 4.74 Å². The van der Waals surface area contributed by atoms with E-state index in [4.69, 9.17) is 10.5 Å². The number of nitrogens with two attached hydrogens (primary N) is 1. The number of nitrogens with zero attached hydrogens (tertiary/aromatic N) is 1. The zero-order chi connectivity index (χ0) is 12.9. The van der Waals surface area contributed by atoms with Gasteiger partial charge in [0.2, 0.25) is 5.88 Å². The van der Waals surface area contributed by atoms with Crippen LogP contribution in [0.15, 0.2) is 18.3 Å². The molecule has 0 spiro atoms. The Balaban J connectivity index is 1.46. The number of hydrogen-bond acceptors (Lipinski definition) is 3. The minimum atomic E-state index is 0.456. The lowest BCUT2D eigenvalue weighted by Crippen LogP contribution is -2.48. The number of rotatable bonds is 3. The predicted molar refractivity (Wildman–Crippen MR) is 74.7 cm³/mol. The molecule has 4 saturated carbocycles. The van der Waals surface area contributed by atoms with Gasteiger partial charge in [-0.1, -0.05) is 0 Å². The molecule has 1 aromatic heterocycles. The molecule has 1 heterocycles. The summed E-state index contributed by atoms with van der Waals surface area (Å²) in [6.07, 6.45) is 10.3. The van der Waals surface area contributed by atoms with Gasteiger partial charge in [0.25, 0.3) is 0 Å². The molecule has 0 aromatic carbocycles. The largest absolute Gasteiger partial charge is 0.477 e. The van der Waals surface area contributed by atoms with E-state index in [-0.39, 0.29) is 0 Å². The topological polar surface area (TPSA) is 48.1 Å². The van der Waals surface area contributed by atoms with Crippen molar-refractivity contribution >= 4 is 5.69 Å². The van der Waals surface area contributed by atoms with E-state index in [2.05, 4.69) is 4.98 Å². The van der Waals surface area contributed by atoms with Gasteiger partial charge in [-0.25, -0.2) is 4.98 Å². The van der Waals surface area contributed by atoms with Crippen LogP contribution in [0.5, 0.6) is 5.88 Å². The van der Waals surface area contributed by atoms with Crippen LogP contribution >= 0.6 is 0 Å². The van der Waals surface area contributed by atoms with E-state index in [0.29, 0.717) is 11.1 Å². The molecule has 3 heteroatoms. The molecular formula is C16H22N2O. The Kier molecular flexibility index (Phi) is 2.51. The molecule has 0 atom stereocenters. The van der Waals surface area contributed by atoms with Gasteiger partial charge in [-0.15, -0.1) is 0 Å². The lowest BCUT2D eigenvalue weighted by atomic mass is 9.50. The first-order valence-electron chi connectivity index (χ1n) is 7.55. The molecule has 4 aliphatic carbocycles. The number of anilines is 1. The maximum absolute atomic E-state index is 5.98. The van der Waals surface area contributed by atoms with Gasteiger partial charge in [0.05, 0.1) is 18.5 Å². The van der Waals surface area contributed by atoms with Crippen LogP contribution in [0.2, 0.25) is 0 Å². The molecule has 4 aliphatic rings. The SMILES string of the molecule is Nc1ccc(OCC23CC4CC(CC(C4)C2)C3)nc1. The van der Waals surface area contributed by atoms with Gasteiger partial charge in [-0.3, -0.25) is 0 Å². The van der Waals surface area contributed by atoms with Crippen LogP contribution in [0, 0.1) is 23.2 Å². The van der Waals surface area contributed by atoms with E-state index in [1.54, 1.807) is 6.20 Å². The van der Waals surface area contributed by atoms with Crippen LogP contribution in [-0.4, -0.2) is 11.6 Å². The third-order valence-corrected chi connectivity index (χ3v) is 5.45. The first kappa shape index (κ1) is 11.6. The van der Waals surface area contributed by atoms with Crippen molar-refractivity contribution in [2.45, 2.75) is 38.5 Å². The van der Waals surface area contributed by atoms with Gasteiger partial charge in [0.15, 0.2) is 0 Å². The molecule has 0 saturated heterocycles. The fourth-order valence-corrected chi connectivity index (χ4v) is 5.17. The monoisotopic (exact) mass is 258 g/mol. The lowest BCUT2D eigenvalue weighted by Gasteiger charge is -2.56. The highest BCUT2D eigenvalue weighted by Crippen LogP contribution is 2.59. The van der Waals surface area contributed by atoms with Crippen molar-refractivity contribution in [1.29, 1.82) is 0 Å². The van der Waals surface area contributed by atoms with Crippen LogP contribution in [0.3, 0.4) is 0 Å². The average Bonchev–Trinajstić information content (AvgIpc) is 2.36. The lowest BCUT2D eigenvalue weighted by molar-refractivity contribution is -0.0751. The maximum Gasteiger partial charge on any atom is 0.213 e. The minimum absolute atomic E-state index is 0.456. The zero-order valence-electron chi connectivity index (χ0n) is 11.3. The normalized spacial score (nSPS) is 39.5. The van der Waals surface area contributed by atoms with Crippen molar-refractivity contribution in [3.63, 3.8) is 0 Å². The molecule has 1 aromatic rings. The molecule has 0 radical (unpaired) electrons. The summed E-state index contributed by atoms with van der Waals surface area (Å²) in [5, 5.41) is 0. The summed E-state index contributed by atoms with van der Waals surface area (Å²) in [5.74, 6) is 3.67. The summed E-state index contributed by atoms with van der Waals surface area (Å²) in [5.41, 5.74) is 6.80. The molecule has 0 unspecified atom stereocenters.